The van der Waals surface area contributed by atoms with Gasteiger partial charge in [0.2, 0.25) is 5.88 Å². The molecular formula is C15H15NO4. The number of aryl methyl sites for hydroxylation is 1. The van der Waals surface area contributed by atoms with E-state index in [0.717, 1.165) is 5.56 Å². The number of hydrogen-bond acceptors (Lipinski definition) is 4. The molecule has 1 aromatic heterocycles. The predicted octanol–water partition coefficient (Wildman–Crippen LogP) is 3.03. The van der Waals surface area contributed by atoms with Crippen LogP contribution in [0, 0.1) is 6.92 Å². The lowest BCUT2D eigenvalue weighted by Crippen LogP contribution is -2.00. The average Bonchev–Trinajstić information content (AvgIpc) is 2.42. The van der Waals surface area contributed by atoms with Gasteiger partial charge < -0.3 is 14.6 Å². The van der Waals surface area contributed by atoms with Crippen molar-refractivity contribution in [1.29, 1.82) is 0 Å². The second-order valence-corrected chi connectivity index (χ2v) is 4.33. The van der Waals surface area contributed by atoms with Crippen LogP contribution in [0.2, 0.25) is 0 Å². The maximum Gasteiger partial charge on any atom is 0.337 e. The molecule has 2 aromatic rings. The van der Waals surface area contributed by atoms with E-state index >= 15 is 0 Å². The molecule has 2 rings (SSSR count). The summed E-state index contributed by atoms with van der Waals surface area (Å²) in [6.07, 6.45) is 1.28. The molecule has 0 saturated heterocycles. The molecule has 0 unspecified atom stereocenters. The molecule has 0 radical (unpaired) electrons. The number of methoxy groups -OCH3 is 1. The summed E-state index contributed by atoms with van der Waals surface area (Å²) < 4.78 is 10.7. The molecule has 0 amide bonds. The Hall–Kier alpha value is -2.40. The first kappa shape index (κ1) is 14.0. The Kier molecular flexibility index (Phi) is 4.32. The van der Waals surface area contributed by atoms with Crippen molar-refractivity contribution >= 4 is 5.97 Å². The quantitative estimate of drug-likeness (QED) is 0.906. The van der Waals surface area contributed by atoms with Crippen molar-refractivity contribution in [3.05, 3.63) is 53.2 Å². The molecule has 5 nitrogen and oxygen atoms in total. The number of pyridine rings is 1. The van der Waals surface area contributed by atoms with Gasteiger partial charge in [0.1, 0.15) is 5.75 Å². The van der Waals surface area contributed by atoms with Crippen molar-refractivity contribution in [2.24, 2.45) is 0 Å². The van der Waals surface area contributed by atoms with Crippen molar-refractivity contribution in [3.63, 3.8) is 0 Å². The van der Waals surface area contributed by atoms with E-state index in [4.69, 9.17) is 14.6 Å². The van der Waals surface area contributed by atoms with Crippen LogP contribution < -0.4 is 4.74 Å². The molecule has 1 N–H and O–H groups in total. The predicted molar refractivity (Wildman–Crippen MR) is 73.2 cm³/mol. The molecule has 104 valence electrons. The minimum atomic E-state index is -1.01. The largest absolute Gasteiger partial charge is 0.478 e. The molecule has 0 aliphatic carbocycles. The van der Waals surface area contributed by atoms with E-state index in [-0.39, 0.29) is 5.56 Å². The van der Waals surface area contributed by atoms with E-state index in [1.54, 1.807) is 14.0 Å². The monoisotopic (exact) mass is 273 g/mol. The summed E-state index contributed by atoms with van der Waals surface area (Å²) >= 11 is 0. The van der Waals surface area contributed by atoms with Gasteiger partial charge >= 0.3 is 5.97 Å². The van der Waals surface area contributed by atoms with Crippen LogP contribution in [0.3, 0.4) is 0 Å². The van der Waals surface area contributed by atoms with Crippen LogP contribution in [0.4, 0.5) is 0 Å². The number of rotatable bonds is 5. The number of aromatic carboxylic acids is 1. The van der Waals surface area contributed by atoms with Gasteiger partial charge in [0, 0.05) is 18.9 Å². The molecule has 1 heterocycles. The van der Waals surface area contributed by atoms with Gasteiger partial charge in [0.15, 0.2) is 0 Å². The van der Waals surface area contributed by atoms with Crippen molar-refractivity contribution in [2.75, 3.05) is 7.11 Å². The number of aromatic nitrogens is 1. The molecule has 5 heteroatoms. The fraction of sp³-hybridized carbons (Fsp3) is 0.200. The van der Waals surface area contributed by atoms with Crippen molar-refractivity contribution in [3.8, 4) is 11.6 Å². The second kappa shape index (κ2) is 6.16. The number of benzene rings is 1. The zero-order chi connectivity index (χ0) is 14.5. The van der Waals surface area contributed by atoms with E-state index in [9.17, 15) is 4.79 Å². The van der Waals surface area contributed by atoms with Crippen molar-refractivity contribution in [2.45, 2.75) is 13.5 Å². The van der Waals surface area contributed by atoms with Crippen LogP contribution in [-0.2, 0) is 11.3 Å². The summed E-state index contributed by atoms with van der Waals surface area (Å²) in [4.78, 5) is 14.9. The summed E-state index contributed by atoms with van der Waals surface area (Å²) in [5.41, 5.74) is 1.80. The molecule has 0 bridgehead atoms. The smallest absolute Gasteiger partial charge is 0.337 e. The number of ether oxygens (including phenoxy) is 2. The van der Waals surface area contributed by atoms with Crippen LogP contribution in [0.25, 0.3) is 0 Å². The lowest BCUT2D eigenvalue weighted by Gasteiger charge is -2.09. The minimum absolute atomic E-state index is 0.142. The number of hydrogen-bond donors (Lipinski definition) is 1. The minimum Gasteiger partial charge on any atom is -0.478 e. The molecule has 1 aromatic carbocycles. The maximum absolute atomic E-state index is 10.8. The van der Waals surface area contributed by atoms with E-state index in [1.165, 1.54) is 12.3 Å². The van der Waals surface area contributed by atoms with Crippen LogP contribution in [0.15, 0.2) is 36.5 Å². The molecule has 0 saturated carbocycles. The molecule has 0 atom stereocenters. The average molecular weight is 273 g/mol. The first-order valence-electron chi connectivity index (χ1n) is 6.06. The summed E-state index contributed by atoms with van der Waals surface area (Å²) in [5.74, 6) is 0.0250. The standard InChI is InChI=1S/C15H15NO4/c1-10-6-12(15(17)18)8-16-14(10)20-13-5-3-4-11(7-13)9-19-2/h3-8H,9H2,1-2H3,(H,17,18). The highest BCUT2D eigenvalue weighted by Gasteiger charge is 2.09. The highest BCUT2D eigenvalue weighted by molar-refractivity contribution is 5.87. The Balaban J connectivity index is 2.21. The molecular weight excluding hydrogens is 258 g/mol. The summed E-state index contributed by atoms with van der Waals surface area (Å²) in [6.45, 7) is 2.26. The number of carboxylic acid groups (broad SMARTS) is 1. The number of carboxylic acids is 1. The molecule has 20 heavy (non-hydrogen) atoms. The van der Waals surface area contributed by atoms with Gasteiger partial charge in [-0.3, -0.25) is 0 Å². The fourth-order valence-corrected chi connectivity index (χ4v) is 1.76. The van der Waals surface area contributed by atoms with Crippen LogP contribution in [-0.4, -0.2) is 23.2 Å². The molecule has 0 aliphatic rings. The lowest BCUT2D eigenvalue weighted by atomic mass is 10.2. The first-order chi connectivity index (χ1) is 9.60. The highest BCUT2D eigenvalue weighted by atomic mass is 16.5. The summed E-state index contributed by atoms with van der Waals surface area (Å²) in [5, 5.41) is 8.89. The first-order valence-corrected chi connectivity index (χ1v) is 6.06. The van der Waals surface area contributed by atoms with Gasteiger partial charge in [0.25, 0.3) is 0 Å². The normalized spacial score (nSPS) is 10.3. The van der Waals surface area contributed by atoms with E-state index in [2.05, 4.69) is 4.98 Å². The van der Waals surface area contributed by atoms with Crippen molar-refractivity contribution < 1.29 is 19.4 Å². The van der Waals surface area contributed by atoms with E-state index in [0.29, 0.717) is 23.8 Å². The van der Waals surface area contributed by atoms with Gasteiger partial charge in [-0.1, -0.05) is 12.1 Å². The number of carbonyl (C=O) groups is 1. The van der Waals surface area contributed by atoms with Gasteiger partial charge in [-0.05, 0) is 30.7 Å². The third-order valence-electron chi connectivity index (χ3n) is 2.70. The Labute approximate surface area is 116 Å². The SMILES string of the molecule is COCc1cccc(Oc2ncc(C(=O)O)cc2C)c1. The highest BCUT2D eigenvalue weighted by Crippen LogP contribution is 2.24. The second-order valence-electron chi connectivity index (χ2n) is 4.33. The third kappa shape index (κ3) is 3.33. The van der Waals surface area contributed by atoms with Gasteiger partial charge in [0.05, 0.1) is 12.2 Å². The maximum atomic E-state index is 10.8. The Bertz CT molecular complexity index is 625. The van der Waals surface area contributed by atoms with Crippen LogP contribution in [0.1, 0.15) is 21.5 Å². The van der Waals surface area contributed by atoms with Gasteiger partial charge in [-0.15, -0.1) is 0 Å². The Morgan fingerprint density at radius 1 is 1.35 bits per heavy atom. The summed E-state index contributed by atoms with van der Waals surface area (Å²) in [7, 11) is 1.63. The number of nitrogens with zero attached hydrogens (tertiary/aromatic N) is 1. The van der Waals surface area contributed by atoms with Crippen molar-refractivity contribution in [1.82, 2.24) is 4.98 Å². The topological polar surface area (TPSA) is 68.7 Å². The Morgan fingerprint density at radius 2 is 2.15 bits per heavy atom. The molecule has 0 aliphatic heterocycles. The van der Waals surface area contributed by atoms with Gasteiger partial charge in [-0.25, -0.2) is 9.78 Å². The van der Waals surface area contributed by atoms with Crippen LogP contribution >= 0.6 is 0 Å². The van der Waals surface area contributed by atoms with Crippen LogP contribution in [0.5, 0.6) is 11.6 Å². The van der Waals surface area contributed by atoms with E-state index in [1.807, 2.05) is 24.3 Å². The fourth-order valence-electron chi connectivity index (χ4n) is 1.76. The lowest BCUT2D eigenvalue weighted by molar-refractivity contribution is 0.0696. The molecule has 0 fully saturated rings. The van der Waals surface area contributed by atoms with Gasteiger partial charge in [-0.2, -0.15) is 0 Å². The van der Waals surface area contributed by atoms with E-state index < -0.39 is 5.97 Å². The third-order valence-corrected chi connectivity index (χ3v) is 2.70. The Morgan fingerprint density at radius 3 is 2.80 bits per heavy atom. The molecule has 0 spiro atoms. The zero-order valence-corrected chi connectivity index (χ0v) is 11.3. The zero-order valence-electron chi connectivity index (χ0n) is 11.3. The summed E-state index contributed by atoms with van der Waals surface area (Å²) in [6, 6.07) is 9.00.